The molecule has 0 spiro atoms. The highest BCUT2D eigenvalue weighted by molar-refractivity contribution is 7.89. The third kappa shape index (κ3) is 4.41. The highest BCUT2D eigenvalue weighted by Crippen LogP contribution is 2.27. The van der Waals surface area contributed by atoms with Gasteiger partial charge >= 0.3 is 0 Å². The summed E-state index contributed by atoms with van der Waals surface area (Å²) in [5.41, 5.74) is 5.44. The quantitative estimate of drug-likeness (QED) is 0.744. The molecule has 2 fully saturated rings. The van der Waals surface area contributed by atoms with E-state index in [0.29, 0.717) is 13.2 Å². The van der Waals surface area contributed by atoms with E-state index in [1.165, 1.54) is 12.8 Å². The highest BCUT2D eigenvalue weighted by Gasteiger charge is 2.35. The van der Waals surface area contributed by atoms with E-state index >= 15 is 0 Å². The number of hydrogen-bond donors (Lipinski definition) is 2. The van der Waals surface area contributed by atoms with E-state index in [4.69, 9.17) is 10.5 Å². The fraction of sp³-hybridized carbons (Fsp3) is 1.00. The Kier molecular flexibility index (Phi) is 5.22. The number of hydrogen-bond acceptors (Lipinski definition) is 4. The number of nitrogens with one attached hydrogen (secondary N) is 1. The third-order valence-corrected chi connectivity index (χ3v) is 5.81. The molecule has 1 atom stereocenters. The summed E-state index contributed by atoms with van der Waals surface area (Å²) >= 11 is 0. The van der Waals surface area contributed by atoms with Crippen LogP contribution in [0.5, 0.6) is 0 Å². The van der Waals surface area contributed by atoms with Crippen molar-refractivity contribution in [3.8, 4) is 0 Å². The zero-order valence-corrected chi connectivity index (χ0v) is 12.4. The Hall–Kier alpha value is -0.170. The van der Waals surface area contributed by atoms with Crippen molar-refractivity contribution in [1.29, 1.82) is 0 Å². The fourth-order valence-electron chi connectivity index (χ4n) is 3.15. The topological polar surface area (TPSA) is 81.4 Å². The van der Waals surface area contributed by atoms with E-state index < -0.39 is 15.6 Å². The summed E-state index contributed by atoms with van der Waals surface area (Å²) in [5, 5.41) is 0. The molecule has 1 saturated carbocycles. The molecule has 1 aliphatic heterocycles. The van der Waals surface area contributed by atoms with E-state index in [1.54, 1.807) is 0 Å². The predicted molar refractivity (Wildman–Crippen MR) is 75.4 cm³/mol. The van der Waals surface area contributed by atoms with Crippen molar-refractivity contribution < 1.29 is 13.2 Å². The SMILES string of the molecule is NCC1(NS(=O)(=O)CC2CCCO2)CCCCCC1. The molecular weight excluding hydrogens is 264 g/mol. The summed E-state index contributed by atoms with van der Waals surface area (Å²) in [5.74, 6) is 0.0781. The van der Waals surface area contributed by atoms with Gasteiger partial charge in [0.05, 0.1) is 11.9 Å². The van der Waals surface area contributed by atoms with Gasteiger partial charge in [0.15, 0.2) is 0 Å². The number of rotatable bonds is 5. The summed E-state index contributed by atoms with van der Waals surface area (Å²) < 4.78 is 32.9. The van der Waals surface area contributed by atoms with Crippen molar-refractivity contribution in [2.45, 2.75) is 63.0 Å². The second kappa shape index (κ2) is 6.52. The van der Waals surface area contributed by atoms with Crippen molar-refractivity contribution in [2.75, 3.05) is 18.9 Å². The predicted octanol–water partition coefficient (Wildman–Crippen LogP) is 1.14. The summed E-state index contributed by atoms with van der Waals surface area (Å²) in [6.07, 6.45) is 7.84. The minimum absolute atomic E-state index is 0.0781. The number of sulfonamides is 1. The molecule has 1 saturated heterocycles. The van der Waals surface area contributed by atoms with Crippen LogP contribution in [0, 0.1) is 0 Å². The van der Waals surface area contributed by atoms with E-state index in [2.05, 4.69) is 4.72 Å². The summed E-state index contributed by atoms with van der Waals surface area (Å²) in [4.78, 5) is 0. The fourth-order valence-corrected chi connectivity index (χ4v) is 4.93. The zero-order chi connectivity index (χ0) is 13.8. The van der Waals surface area contributed by atoms with Gasteiger partial charge in [0, 0.05) is 18.7 Å². The average molecular weight is 290 g/mol. The Morgan fingerprint density at radius 2 is 1.84 bits per heavy atom. The molecular formula is C13H26N2O3S. The van der Waals surface area contributed by atoms with Gasteiger partial charge in [-0.2, -0.15) is 0 Å². The Balaban J connectivity index is 1.98. The maximum absolute atomic E-state index is 12.3. The molecule has 5 nitrogen and oxygen atoms in total. The van der Waals surface area contributed by atoms with E-state index in [1.807, 2.05) is 0 Å². The second-order valence-corrected chi connectivity index (χ2v) is 7.68. The van der Waals surface area contributed by atoms with Crippen molar-refractivity contribution >= 4 is 10.0 Å². The standard InChI is InChI=1S/C13H26N2O3S/c14-11-13(7-3-1-2-4-8-13)15-19(16,17)10-12-6-5-9-18-12/h12,15H,1-11,14H2. The molecule has 1 unspecified atom stereocenters. The minimum atomic E-state index is -3.31. The summed E-state index contributed by atoms with van der Waals surface area (Å²) in [7, 11) is -3.31. The molecule has 3 N–H and O–H groups in total. The Bertz CT molecular complexity index is 369. The lowest BCUT2D eigenvalue weighted by atomic mass is 9.92. The molecule has 2 aliphatic rings. The Labute approximate surface area is 116 Å². The molecule has 0 amide bonds. The minimum Gasteiger partial charge on any atom is -0.377 e. The van der Waals surface area contributed by atoms with E-state index in [0.717, 1.165) is 38.5 Å². The lowest BCUT2D eigenvalue weighted by Crippen LogP contribution is -2.54. The third-order valence-electron chi connectivity index (χ3n) is 4.25. The molecule has 19 heavy (non-hydrogen) atoms. The average Bonchev–Trinajstić information content (AvgIpc) is 2.73. The first kappa shape index (κ1) is 15.2. The summed E-state index contributed by atoms with van der Waals surface area (Å²) in [6.45, 7) is 1.07. The van der Waals surface area contributed by atoms with Crippen molar-refractivity contribution in [2.24, 2.45) is 5.73 Å². The van der Waals surface area contributed by atoms with Crippen LogP contribution in [-0.2, 0) is 14.8 Å². The van der Waals surface area contributed by atoms with Crippen LogP contribution in [0.4, 0.5) is 0 Å². The maximum Gasteiger partial charge on any atom is 0.214 e. The molecule has 0 aromatic carbocycles. The van der Waals surface area contributed by atoms with Crippen LogP contribution in [0.15, 0.2) is 0 Å². The van der Waals surface area contributed by atoms with Crippen molar-refractivity contribution in [3.05, 3.63) is 0 Å². The lowest BCUT2D eigenvalue weighted by Gasteiger charge is -2.32. The first-order valence-corrected chi connectivity index (χ1v) is 9.04. The second-order valence-electron chi connectivity index (χ2n) is 5.92. The summed E-state index contributed by atoms with van der Waals surface area (Å²) in [6, 6.07) is 0. The molecule has 0 bridgehead atoms. The van der Waals surface area contributed by atoms with Gasteiger partial charge in [-0.3, -0.25) is 0 Å². The van der Waals surface area contributed by atoms with Crippen molar-refractivity contribution in [1.82, 2.24) is 4.72 Å². The normalized spacial score (nSPS) is 28.2. The van der Waals surface area contributed by atoms with Gasteiger partial charge in [0.1, 0.15) is 0 Å². The molecule has 1 heterocycles. The van der Waals surface area contributed by atoms with Crippen molar-refractivity contribution in [3.63, 3.8) is 0 Å². The Morgan fingerprint density at radius 1 is 1.16 bits per heavy atom. The van der Waals surface area contributed by atoms with Gasteiger partial charge in [-0.1, -0.05) is 25.7 Å². The molecule has 0 aromatic rings. The van der Waals surface area contributed by atoms with Crippen LogP contribution in [0.2, 0.25) is 0 Å². The number of ether oxygens (including phenoxy) is 1. The van der Waals surface area contributed by atoms with Crippen LogP contribution in [0.1, 0.15) is 51.4 Å². The molecule has 0 aromatic heterocycles. The smallest absolute Gasteiger partial charge is 0.214 e. The van der Waals surface area contributed by atoms with Crippen LogP contribution in [-0.4, -0.2) is 39.0 Å². The van der Waals surface area contributed by atoms with Crippen LogP contribution >= 0.6 is 0 Å². The van der Waals surface area contributed by atoms with Gasteiger partial charge in [-0.25, -0.2) is 13.1 Å². The van der Waals surface area contributed by atoms with Gasteiger partial charge in [-0.15, -0.1) is 0 Å². The van der Waals surface area contributed by atoms with Gasteiger partial charge in [-0.05, 0) is 25.7 Å². The number of nitrogens with two attached hydrogens (primary N) is 1. The highest BCUT2D eigenvalue weighted by atomic mass is 32.2. The zero-order valence-electron chi connectivity index (χ0n) is 11.6. The largest absolute Gasteiger partial charge is 0.377 e. The maximum atomic E-state index is 12.3. The van der Waals surface area contributed by atoms with Gasteiger partial charge < -0.3 is 10.5 Å². The molecule has 1 aliphatic carbocycles. The molecule has 112 valence electrons. The van der Waals surface area contributed by atoms with Crippen LogP contribution < -0.4 is 10.5 Å². The Morgan fingerprint density at radius 3 is 2.37 bits per heavy atom. The first-order valence-electron chi connectivity index (χ1n) is 7.39. The monoisotopic (exact) mass is 290 g/mol. The van der Waals surface area contributed by atoms with E-state index in [9.17, 15) is 8.42 Å². The molecule has 6 heteroatoms. The van der Waals surface area contributed by atoms with Crippen LogP contribution in [0.3, 0.4) is 0 Å². The van der Waals surface area contributed by atoms with Gasteiger partial charge in [0.2, 0.25) is 10.0 Å². The van der Waals surface area contributed by atoms with E-state index in [-0.39, 0.29) is 11.9 Å². The molecule has 2 rings (SSSR count). The lowest BCUT2D eigenvalue weighted by molar-refractivity contribution is 0.127. The first-order chi connectivity index (χ1) is 9.05. The van der Waals surface area contributed by atoms with Crippen LogP contribution in [0.25, 0.3) is 0 Å². The van der Waals surface area contributed by atoms with Gasteiger partial charge in [0.25, 0.3) is 0 Å². The molecule has 0 radical (unpaired) electrons.